The van der Waals surface area contributed by atoms with Crippen molar-refractivity contribution in [1.82, 2.24) is 0 Å². The predicted octanol–water partition coefficient (Wildman–Crippen LogP) is 5.02. The Balaban J connectivity index is 1.54. The molecule has 1 N–H and O–H groups in total. The van der Waals surface area contributed by atoms with Gasteiger partial charge >= 0.3 is 0 Å². The van der Waals surface area contributed by atoms with Crippen LogP contribution < -0.4 is 10.1 Å². The zero-order valence-corrected chi connectivity index (χ0v) is 12.7. The van der Waals surface area contributed by atoms with Crippen molar-refractivity contribution in [2.24, 2.45) is 0 Å². The van der Waals surface area contributed by atoms with E-state index in [2.05, 4.69) is 5.32 Å². The number of nitrogens with one attached hydrogen (secondary N) is 1. The van der Waals surface area contributed by atoms with Gasteiger partial charge in [-0.3, -0.25) is 0 Å². The summed E-state index contributed by atoms with van der Waals surface area (Å²) in [4.78, 5) is 0. The number of hydrogen-bond donors (Lipinski definition) is 1. The van der Waals surface area contributed by atoms with Crippen LogP contribution in [0.2, 0.25) is 0 Å². The van der Waals surface area contributed by atoms with Crippen molar-refractivity contribution >= 4 is 5.69 Å². The molecule has 0 aliphatic heterocycles. The van der Waals surface area contributed by atoms with Crippen molar-refractivity contribution in [1.29, 1.82) is 0 Å². The molecule has 0 aliphatic carbocycles. The molecule has 3 rings (SSSR count). The molecule has 0 saturated carbocycles. The van der Waals surface area contributed by atoms with Gasteiger partial charge in [-0.25, -0.2) is 4.39 Å². The molecule has 3 heteroatoms. The van der Waals surface area contributed by atoms with Crippen molar-refractivity contribution < 1.29 is 9.13 Å². The molecule has 0 radical (unpaired) electrons. The first-order chi connectivity index (χ1) is 11.3. The van der Waals surface area contributed by atoms with Crippen LogP contribution >= 0.6 is 0 Å². The van der Waals surface area contributed by atoms with E-state index in [1.165, 1.54) is 6.07 Å². The molecule has 23 heavy (non-hydrogen) atoms. The predicted molar refractivity (Wildman–Crippen MR) is 90.9 cm³/mol. The molecule has 0 bridgehead atoms. The van der Waals surface area contributed by atoms with E-state index in [0.717, 1.165) is 17.0 Å². The first-order valence-electron chi connectivity index (χ1n) is 7.55. The lowest BCUT2D eigenvalue weighted by Gasteiger charge is -2.09. The molecule has 0 saturated heterocycles. The zero-order valence-electron chi connectivity index (χ0n) is 12.7. The molecule has 2 nitrogen and oxygen atoms in total. The van der Waals surface area contributed by atoms with Gasteiger partial charge in [0.05, 0.1) is 0 Å². The van der Waals surface area contributed by atoms with Gasteiger partial charge in [-0.1, -0.05) is 48.5 Å². The summed E-state index contributed by atoms with van der Waals surface area (Å²) in [5.41, 5.74) is 2.71. The molecule has 0 aromatic heterocycles. The van der Waals surface area contributed by atoms with E-state index < -0.39 is 0 Å². The van der Waals surface area contributed by atoms with Gasteiger partial charge in [0.15, 0.2) is 0 Å². The summed E-state index contributed by atoms with van der Waals surface area (Å²) in [7, 11) is 0. The van der Waals surface area contributed by atoms with Gasteiger partial charge in [-0.2, -0.15) is 0 Å². The summed E-state index contributed by atoms with van der Waals surface area (Å²) in [5.74, 6) is 0.619. The molecular formula is C20H18FNO. The molecule has 0 unspecified atom stereocenters. The minimum atomic E-state index is -0.192. The molecule has 0 fully saturated rings. The highest BCUT2D eigenvalue weighted by Gasteiger charge is 2.01. The van der Waals surface area contributed by atoms with Gasteiger partial charge in [0.1, 0.15) is 18.2 Å². The van der Waals surface area contributed by atoms with Crippen molar-refractivity contribution in [3.8, 4) is 5.75 Å². The van der Waals surface area contributed by atoms with E-state index in [4.69, 9.17) is 4.74 Å². The Bertz CT molecular complexity index is 741. The van der Waals surface area contributed by atoms with Gasteiger partial charge in [0, 0.05) is 17.8 Å². The zero-order chi connectivity index (χ0) is 15.9. The molecule has 0 amide bonds. The van der Waals surface area contributed by atoms with E-state index in [0.29, 0.717) is 18.7 Å². The number of anilines is 1. The van der Waals surface area contributed by atoms with Crippen molar-refractivity contribution in [2.75, 3.05) is 5.32 Å². The van der Waals surface area contributed by atoms with Crippen LogP contribution in [0.4, 0.5) is 10.1 Å². The second kappa shape index (κ2) is 7.45. The van der Waals surface area contributed by atoms with Crippen LogP contribution in [0.3, 0.4) is 0 Å². The maximum absolute atomic E-state index is 13.6. The summed E-state index contributed by atoms with van der Waals surface area (Å²) in [6, 6.07) is 24.5. The Labute approximate surface area is 135 Å². The minimum absolute atomic E-state index is 0.192. The lowest BCUT2D eigenvalue weighted by Crippen LogP contribution is -2.01. The van der Waals surface area contributed by atoms with Crippen LogP contribution in [0, 0.1) is 5.82 Å². The highest BCUT2D eigenvalue weighted by Crippen LogP contribution is 2.18. The average molecular weight is 307 g/mol. The van der Waals surface area contributed by atoms with E-state index in [1.54, 1.807) is 12.1 Å². The fourth-order valence-electron chi connectivity index (χ4n) is 2.25. The second-order valence-electron chi connectivity index (χ2n) is 5.24. The summed E-state index contributed by atoms with van der Waals surface area (Å²) >= 11 is 0. The molecule has 3 aromatic rings. The smallest absolute Gasteiger partial charge is 0.128 e. The number of hydrogen-bond acceptors (Lipinski definition) is 2. The fraction of sp³-hybridized carbons (Fsp3) is 0.100. The van der Waals surface area contributed by atoms with Gasteiger partial charge in [-0.05, 0) is 35.9 Å². The highest BCUT2D eigenvalue weighted by atomic mass is 19.1. The van der Waals surface area contributed by atoms with Gasteiger partial charge in [0.2, 0.25) is 0 Å². The monoisotopic (exact) mass is 307 g/mol. The van der Waals surface area contributed by atoms with E-state index in [1.807, 2.05) is 60.7 Å². The SMILES string of the molecule is Fc1ccccc1CNc1ccc(OCc2ccccc2)cc1. The summed E-state index contributed by atoms with van der Waals surface area (Å²) in [5, 5.41) is 3.21. The lowest BCUT2D eigenvalue weighted by molar-refractivity contribution is 0.306. The van der Waals surface area contributed by atoms with Crippen LogP contribution in [0.15, 0.2) is 78.9 Å². The Kier molecular flexibility index (Phi) is 4.89. The molecular weight excluding hydrogens is 289 g/mol. The van der Waals surface area contributed by atoms with Crippen LogP contribution in [0.1, 0.15) is 11.1 Å². The third-order valence-electron chi connectivity index (χ3n) is 3.54. The van der Waals surface area contributed by atoms with Gasteiger partial charge in [-0.15, -0.1) is 0 Å². The number of ether oxygens (including phenoxy) is 1. The van der Waals surface area contributed by atoms with Crippen LogP contribution in [-0.4, -0.2) is 0 Å². The second-order valence-corrected chi connectivity index (χ2v) is 5.24. The summed E-state index contributed by atoms with van der Waals surface area (Å²) < 4.78 is 19.3. The van der Waals surface area contributed by atoms with E-state index in [9.17, 15) is 4.39 Å². The fourth-order valence-corrected chi connectivity index (χ4v) is 2.25. The normalized spacial score (nSPS) is 10.3. The Morgan fingerprint density at radius 3 is 2.22 bits per heavy atom. The van der Waals surface area contributed by atoms with Crippen LogP contribution in [0.5, 0.6) is 5.75 Å². The summed E-state index contributed by atoms with van der Waals surface area (Å²) in [6.45, 7) is 1.000. The van der Waals surface area contributed by atoms with Crippen LogP contribution in [0.25, 0.3) is 0 Å². The lowest BCUT2D eigenvalue weighted by atomic mass is 10.2. The Morgan fingerprint density at radius 2 is 1.48 bits per heavy atom. The summed E-state index contributed by atoms with van der Waals surface area (Å²) in [6.07, 6.45) is 0. The van der Waals surface area contributed by atoms with Crippen molar-refractivity contribution in [2.45, 2.75) is 13.2 Å². The number of benzene rings is 3. The van der Waals surface area contributed by atoms with Crippen molar-refractivity contribution in [3.63, 3.8) is 0 Å². The number of rotatable bonds is 6. The Morgan fingerprint density at radius 1 is 0.783 bits per heavy atom. The third kappa shape index (κ3) is 4.33. The maximum atomic E-state index is 13.6. The van der Waals surface area contributed by atoms with E-state index >= 15 is 0 Å². The molecule has 0 aliphatic rings. The topological polar surface area (TPSA) is 21.3 Å². The molecule has 0 spiro atoms. The van der Waals surface area contributed by atoms with E-state index in [-0.39, 0.29) is 5.82 Å². The molecule has 116 valence electrons. The van der Waals surface area contributed by atoms with Crippen LogP contribution in [-0.2, 0) is 13.2 Å². The Hall–Kier alpha value is -2.81. The number of halogens is 1. The van der Waals surface area contributed by atoms with Gasteiger partial charge < -0.3 is 10.1 Å². The standard InChI is InChI=1S/C20H18FNO/c21-20-9-5-4-8-17(20)14-22-18-10-12-19(13-11-18)23-15-16-6-2-1-3-7-16/h1-13,22H,14-15H2. The molecule has 3 aromatic carbocycles. The quantitative estimate of drug-likeness (QED) is 0.690. The maximum Gasteiger partial charge on any atom is 0.128 e. The first-order valence-corrected chi connectivity index (χ1v) is 7.55. The third-order valence-corrected chi connectivity index (χ3v) is 3.54. The van der Waals surface area contributed by atoms with Crippen molar-refractivity contribution in [3.05, 3.63) is 95.8 Å². The average Bonchev–Trinajstić information content (AvgIpc) is 2.61. The highest BCUT2D eigenvalue weighted by molar-refractivity contribution is 5.46. The molecule has 0 heterocycles. The molecule has 0 atom stereocenters. The first kappa shape index (κ1) is 15.1. The minimum Gasteiger partial charge on any atom is -0.489 e. The largest absolute Gasteiger partial charge is 0.489 e. The van der Waals surface area contributed by atoms with Gasteiger partial charge in [0.25, 0.3) is 0 Å².